The lowest BCUT2D eigenvalue weighted by molar-refractivity contribution is -0.146. The van der Waals surface area contributed by atoms with Crippen molar-refractivity contribution in [1.82, 2.24) is 34.1 Å². The summed E-state index contributed by atoms with van der Waals surface area (Å²) in [4.78, 5) is 33.1. The van der Waals surface area contributed by atoms with E-state index in [-0.39, 0.29) is 29.0 Å². The number of rotatable bonds is 8. The molecule has 0 saturated carbocycles. The number of hydrogen-bond donors (Lipinski definition) is 0. The maximum atomic E-state index is 13.2. The molecule has 10 nitrogen and oxygen atoms in total. The standard InChI is InChI=1S/C23H20Cl2F3N7O3/c1-13(38-14(2)36)20-30-19(31-35(20)18-7-9-29-11-17(18)25)12-34-22(37)33(10-8-23(26,27)28)21(32-34)15-3-5-16(24)6-4-15/h3-7,9,11,13H,8,10,12H2,1-2H3. The van der Waals surface area contributed by atoms with Crippen molar-refractivity contribution in [3.8, 4) is 17.1 Å². The fourth-order valence-corrected chi connectivity index (χ4v) is 3.97. The van der Waals surface area contributed by atoms with Crippen LogP contribution in [0.5, 0.6) is 0 Å². The Balaban J connectivity index is 1.77. The summed E-state index contributed by atoms with van der Waals surface area (Å²) in [6.07, 6.45) is -3.68. The van der Waals surface area contributed by atoms with Crippen LogP contribution in [0.15, 0.2) is 47.5 Å². The molecule has 0 fully saturated rings. The van der Waals surface area contributed by atoms with Gasteiger partial charge in [-0.3, -0.25) is 14.3 Å². The normalized spacial score (nSPS) is 12.5. The quantitative estimate of drug-likeness (QED) is 0.285. The molecule has 1 aromatic carbocycles. The molecule has 0 spiro atoms. The minimum absolute atomic E-state index is 0.0287. The van der Waals surface area contributed by atoms with Gasteiger partial charge in [0.05, 0.1) is 17.1 Å². The van der Waals surface area contributed by atoms with E-state index in [0.717, 1.165) is 9.25 Å². The SMILES string of the molecule is CC(=O)OC(C)c1nc(Cn2nc(-c3ccc(Cl)cc3)n(CCC(F)(F)F)c2=O)nn1-c1ccncc1Cl. The third-order valence-corrected chi connectivity index (χ3v) is 5.84. The zero-order chi connectivity index (χ0) is 27.6. The fourth-order valence-electron chi connectivity index (χ4n) is 3.65. The molecule has 4 rings (SSSR count). The van der Waals surface area contributed by atoms with Gasteiger partial charge in [-0.25, -0.2) is 19.1 Å². The molecular formula is C23H20Cl2F3N7O3. The number of carbonyl (C=O) groups excluding carboxylic acids is 1. The molecule has 0 N–H and O–H groups in total. The summed E-state index contributed by atoms with van der Waals surface area (Å²) in [6.45, 7) is 1.90. The Morgan fingerprint density at radius 3 is 2.47 bits per heavy atom. The molecule has 0 saturated heterocycles. The van der Waals surface area contributed by atoms with Gasteiger partial charge in [0.2, 0.25) is 0 Å². The molecule has 0 amide bonds. The summed E-state index contributed by atoms with van der Waals surface area (Å²) in [6, 6.07) is 7.75. The molecule has 0 aliphatic carbocycles. The van der Waals surface area contributed by atoms with Gasteiger partial charge in [0.25, 0.3) is 0 Å². The largest absolute Gasteiger partial charge is 0.455 e. The van der Waals surface area contributed by atoms with Gasteiger partial charge in [-0.2, -0.15) is 13.2 Å². The van der Waals surface area contributed by atoms with Gasteiger partial charge in [0, 0.05) is 36.4 Å². The Morgan fingerprint density at radius 2 is 1.84 bits per heavy atom. The van der Waals surface area contributed by atoms with Gasteiger partial charge in [-0.1, -0.05) is 23.2 Å². The Morgan fingerprint density at radius 1 is 1.13 bits per heavy atom. The lowest BCUT2D eigenvalue weighted by Gasteiger charge is -2.13. The van der Waals surface area contributed by atoms with Gasteiger partial charge in [-0.15, -0.1) is 10.2 Å². The van der Waals surface area contributed by atoms with Crippen molar-refractivity contribution in [2.45, 2.75) is 45.6 Å². The van der Waals surface area contributed by atoms with E-state index in [2.05, 4.69) is 20.2 Å². The number of nitrogens with zero attached hydrogens (tertiary/aromatic N) is 7. The first kappa shape index (κ1) is 27.3. The van der Waals surface area contributed by atoms with Crippen molar-refractivity contribution in [3.63, 3.8) is 0 Å². The first-order valence-electron chi connectivity index (χ1n) is 11.2. The molecule has 3 aromatic heterocycles. The topological polar surface area (TPSA) is 110 Å². The van der Waals surface area contributed by atoms with E-state index in [1.807, 2.05) is 0 Å². The van der Waals surface area contributed by atoms with Gasteiger partial charge >= 0.3 is 17.8 Å². The summed E-state index contributed by atoms with van der Waals surface area (Å²) >= 11 is 12.2. The average molecular weight is 570 g/mol. The number of pyridine rings is 1. The first-order chi connectivity index (χ1) is 17.9. The second-order valence-corrected chi connectivity index (χ2v) is 9.01. The second kappa shape index (κ2) is 11.0. The highest BCUT2D eigenvalue weighted by Gasteiger charge is 2.29. The number of carbonyl (C=O) groups is 1. The molecule has 15 heteroatoms. The molecule has 1 atom stereocenters. The van der Waals surface area contributed by atoms with Crippen LogP contribution in [0.4, 0.5) is 13.2 Å². The van der Waals surface area contributed by atoms with Crippen molar-refractivity contribution in [2.24, 2.45) is 0 Å². The van der Waals surface area contributed by atoms with E-state index >= 15 is 0 Å². The van der Waals surface area contributed by atoms with Gasteiger partial charge in [0.15, 0.2) is 23.6 Å². The maximum Gasteiger partial charge on any atom is 0.390 e. The number of hydrogen-bond acceptors (Lipinski definition) is 7. The van der Waals surface area contributed by atoms with Crippen molar-refractivity contribution < 1.29 is 22.7 Å². The van der Waals surface area contributed by atoms with Crippen LogP contribution in [0, 0.1) is 0 Å². The number of alkyl halides is 3. The van der Waals surface area contributed by atoms with E-state index in [0.29, 0.717) is 16.3 Å². The Kier molecular flexibility index (Phi) is 7.88. The van der Waals surface area contributed by atoms with Crippen LogP contribution in [0.1, 0.15) is 38.0 Å². The molecule has 200 valence electrons. The fraction of sp³-hybridized carbons (Fsp3) is 0.304. The third kappa shape index (κ3) is 6.22. The Bertz CT molecular complexity index is 1510. The lowest BCUT2D eigenvalue weighted by atomic mass is 10.2. The lowest BCUT2D eigenvalue weighted by Crippen LogP contribution is -2.27. The van der Waals surface area contributed by atoms with Crippen LogP contribution in [0.25, 0.3) is 17.1 Å². The van der Waals surface area contributed by atoms with Crippen LogP contribution in [-0.2, 0) is 22.6 Å². The van der Waals surface area contributed by atoms with E-state index in [4.69, 9.17) is 27.9 Å². The zero-order valence-corrected chi connectivity index (χ0v) is 21.5. The number of esters is 1. The summed E-state index contributed by atoms with van der Waals surface area (Å²) in [7, 11) is 0. The van der Waals surface area contributed by atoms with Crippen molar-refractivity contribution >= 4 is 29.2 Å². The predicted molar refractivity (Wildman–Crippen MR) is 131 cm³/mol. The van der Waals surface area contributed by atoms with Crippen LogP contribution in [0.3, 0.4) is 0 Å². The predicted octanol–water partition coefficient (Wildman–Crippen LogP) is 4.62. The average Bonchev–Trinajstić information content (AvgIpc) is 3.39. The molecule has 0 radical (unpaired) electrons. The van der Waals surface area contributed by atoms with E-state index in [1.165, 1.54) is 24.0 Å². The highest BCUT2D eigenvalue weighted by molar-refractivity contribution is 6.32. The van der Waals surface area contributed by atoms with Crippen LogP contribution < -0.4 is 5.69 Å². The first-order valence-corrected chi connectivity index (χ1v) is 11.9. The third-order valence-electron chi connectivity index (χ3n) is 5.30. The Labute approximate surface area is 223 Å². The molecule has 0 bridgehead atoms. The van der Waals surface area contributed by atoms with E-state index in [1.54, 1.807) is 37.3 Å². The molecule has 38 heavy (non-hydrogen) atoms. The summed E-state index contributed by atoms with van der Waals surface area (Å²) < 4.78 is 47.5. The number of halogens is 5. The van der Waals surface area contributed by atoms with Gasteiger partial charge < -0.3 is 4.74 Å². The van der Waals surface area contributed by atoms with E-state index < -0.39 is 36.9 Å². The maximum absolute atomic E-state index is 13.2. The van der Waals surface area contributed by atoms with Crippen molar-refractivity contribution in [3.05, 3.63) is 74.9 Å². The smallest absolute Gasteiger partial charge is 0.390 e. The van der Waals surface area contributed by atoms with Gasteiger partial charge in [-0.05, 0) is 37.3 Å². The molecule has 4 aromatic rings. The van der Waals surface area contributed by atoms with Crippen LogP contribution >= 0.6 is 23.2 Å². The minimum atomic E-state index is -4.48. The second-order valence-electron chi connectivity index (χ2n) is 8.16. The molecular weight excluding hydrogens is 550 g/mol. The number of aromatic nitrogens is 7. The molecule has 1 unspecified atom stereocenters. The summed E-state index contributed by atoms with van der Waals surface area (Å²) in [5.74, 6) is -0.245. The zero-order valence-electron chi connectivity index (χ0n) is 20.0. The summed E-state index contributed by atoms with van der Waals surface area (Å²) in [5.41, 5.74) is 0.00468. The minimum Gasteiger partial charge on any atom is -0.455 e. The Hall–Kier alpha value is -3.71. The van der Waals surface area contributed by atoms with E-state index in [9.17, 15) is 22.8 Å². The molecule has 0 aliphatic heterocycles. The van der Waals surface area contributed by atoms with Crippen LogP contribution in [-0.4, -0.2) is 46.2 Å². The summed E-state index contributed by atoms with van der Waals surface area (Å²) in [5, 5.41) is 9.33. The molecule has 3 heterocycles. The number of benzene rings is 1. The van der Waals surface area contributed by atoms with Crippen molar-refractivity contribution in [1.29, 1.82) is 0 Å². The monoisotopic (exact) mass is 569 g/mol. The van der Waals surface area contributed by atoms with Crippen molar-refractivity contribution in [2.75, 3.05) is 0 Å². The highest BCUT2D eigenvalue weighted by Crippen LogP contribution is 2.25. The van der Waals surface area contributed by atoms with Gasteiger partial charge in [0.1, 0.15) is 6.54 Å². The number of ether oxygens (including phenoxy) is 1. The van der Waals surface area contributed by atoms with Crippen LogP contribution in [0.2, 0.25) is 10.0 Å². The highest BCUT2D eigenvalue weighted by atomic mass is 35.5. The molecule has 0 aliphatic rings.